The van der Waals surface area contributed by atoms with Gasteiger partial charge in [0.2, 0.25) is 6.33 Å². The highest BCUT2D eigenvalue weighted by molar-refractivity contribution is 6.30. The quantitative estimate of drug-likeness (QED) is 0.569. The van der Waals surface area contributed by atoms with E-state index in [2.05, 4.69) is 9.97 Å². The van der Waals surface area contributed by atoms with Crippen LogP contribution in [-0.4, -0.2) is 41.8 Å². The van der Waals surface area contributed by atoms with Crippen molar-refractivity contribution in [1.29, 1.82) is 0 Å². The summed E-state index contributed by atoms with van der Waals surface area (Å²) in [6.45, 7) is -0.362. The fourth-order valence-electron chi connectivity index (χ4n) is 2.64. The van der Waals surface area contributed by atoms with E-state index in [0.29, 0.717) is 0 Å². The Hall–Kier alpha value is -2.50. The highest BCUT2D eigenvalue weighted by Crippen LogP contribution is 2.36. The molecule has 2 aromatic heterocycles. The predicted molar refractivity (Wildman–Crippen MR) is 79.9 cm³/mol. The van der Waals surface area contributed by atoms with Crippen LogP contribution in [0.25, 0.3) is 0 Å². The third kappa shape index (κ3) is 2.84. The number of hydrogen-bond acceptors (Lipinski definition) is 7. The lowest BCUT2D eigenvalue weighted by atomic mass is 10.1. The van der Waals surface area contributed by atoms with Crippen molar-refractivity contribution in [2.45, 2.75) is 24.8 Å². The molecule has 3 rings (SSSR count). The highest BCUT2D eigenvalue weighted by atomic mass is 35.5. The number of H-pyrrole nitrogens is 1. The third-order valence-corrected chi connectivity index (χ3v) is 4.05. The second-order valence-corrected chi connectivity index (χ2v) is 5.60. The first-order valence-corrected chi connectivity index (χ1v) is 7.23. The summed E-state index contributed by atoms with van der Waals surface area (Å²) in [4.78, 5) is 39.1. The van der Waals surface area contributed by atoms with Crippen molar-refractivity contribution in [3.05, 3.63) is 54.7 Å². The number of imidazole rings is 1. The van der Waals surface area contributed by atoms with E-state index in [1.54, 1.807) is 0 Å². The summed E-state index contributed by atoms with van der Waals surface area (Å²) in [5.74, 6) is -0.334. The van der Waals surface area contributed by atoms with E-state index in [1.165, 1.54) is 17.1 Å². The molecule has 3 unspecified atom stereocenters. The topological polar surface area (TPSA) is 145 Å². The number of nitrogens with one attached hydrogen (secondary N) is 1. The Morgan fingerprint density at radius 1 is 1.50 bits per heavy atom. The van der Waals surface area contributed by atoms with Crippen LogP contribution in [0.15, 0.2) is 28.3 Å². The monoisotopic (exact) mass is 357 g/mol. The fourth-order valence-corrected chi connectivity index (χ4v) is 2.79. The summed E-state index contributed by atoms with van der Waals surface area (Å²) >= 11 is 5.73. The SMILES string of the molecule is O=c1[nH]c(=O)n(C2CC(n3cnc([N+](=O)[O-])c3)C(CO)O2)cc1Cl. The molecule has 0 radical (unpaired) electrons. The van der Waals surface area contributed by atoms with E-state index >= 15 is 0 Å². The average Bonchev–Trinajstić information content (AvgIpc) is 3.17. The molecule has 1 aliphatic heterocycles. The first-order chi connectivity index (χ1) is 11.4. The molecule has 1 aliphatic rings. The van der Waals surface area contributed by atoms with E-state index in [1.807, 2.05) is 0 Å². The standard InChI is InChI=1S/C12H12ClN5O6/c13-6-2-17(12(21)15-11(6)20)10-1-7(8(4-19)24-10)16-3-9(14-5-16)18(22)23/h2-3,5,7-8,10,19H,1,4H2,(H,15,20,21). The van der Waals surface area contributed by atoms with E-state index in [4.69, 9.17) is 16.3 Å². The number of aliphatic hydroxyl groups excluding tert-OH is 1. The van der Waals surface area contributed by atoms with Crippen LogP contribution in [0.4, 0.5) is 5.82 Å². The summed E-state index contributed by atoms with van der Waals surface area (Å²) in [6, 6.07) is -0.473. The number of ether oxygens (including phenoxy) is 1. The zero-order valence-corrected chi connectivity index (χ0v) is 12.8. The lowest BCUT2D eigenvalue weighted by molar-refractivity contribution is -0.389. The molecule has 0 amide bonds. The van der Waals surface area contributed by atoms with Gasteiger partial charge in [-0.05, 0) is 9.91 Å². The summed E-state index contributed by atoms with van der Waals surface area (Å²) in [7, 11) is 0. The minimum atomic E-state index is -0.796. The van der Waals surface area contributed by atoms with Gasteiger partial charge in [-0.2, -0.15) is 0 Å². The molecule has 0 aromatic carbocycles. The van der Waals surface area contributed by atoms with E-state index in [-0.39, 0.29) is 23.9 Å². The van der Waals surface area contributed by atoms with Gasteiger partial charge >= 0.3 is 11.5 Å². The van der Waals surface area contributed by atoms with E-state index in [9.17, 15) is 24.8 Å². The smallest absolute Gasteiger partial charge is 0.381 e. The first-order valence-electron chi connectivity index (χ1n) is 6.86. The molecule has 0 saturated carbocycles. The molecule has 1 saturated heterocycles. The van der Waals surface area contributed by atoms with Gasteiger partial charge in [0.15, 0.2) is 0 Å². The second kappa shape index (κ2) is 6.19. The van der Waals surface area contributed by atoms with Crippen molar-refractivity contribution in [2.24, 2.45) is 0 Å². The number of aromatic amines is 1. The molecular formula is C12H12ClN5O6. The van der Waals surface area contributed by atoms with Crippen molar-refractivity contribution in [3.8, 4) is 0 Å². The molecule has 0 bridgehead atoms. The number of hydrogen-bond donors (Lipinski definition) is 2. The molecule has 128 valence electrons. The van der Waals surface area contributed by atoms with Gasteiger partial charge in [-0.25, -0.2) is 4.79 Å². The van der Waals surface area contributed by atoms with Crippen LogP contribution < -0.4 is 11.2 Å². The minimum absolute atomic E-state index is 0.180. The second-order valence-electron chi connectivity index (χ2n) is 5.19. The minimum Gasteiger partial charge on any atom is -0.394 e. The number of rotatable bonds is 4. The fraction of sp³-hybridized carbons (Fsp3) is 0.417. The molecule has 2 N–H and O–H groups in total. The van der Waals surface area contributed by atoms with E-state index < -0.39 is 34.5 Å². The summed E-state index contributed by atoms with van der Waals surface area (Å²) < 4.78 is 8.19. The summed E-state index contributed by atoms with van der Waals surface area (Å²) in [5, 5.41) is 20.0. The highest BCUT2D eigenvalue weighted by Gasteiger charge is 2.38. The van der Waals surface area contributed by atoms with Crippen molar-refractivity contribution in [3.63, 3.8) is 0 Å². The van der Waals surface area contributed by atoms with Gasteiger partial charge in [0.25, 0.3) is 5.56 Å². The van der Waals surface area contributed by atoms with Gasteiger partial charge < -0.3 is 24.5 Å². The lowest BCUT2D eigenvalue weighted by Gasteiger charge is -2.15. The van der Waals surface area contributed by atoms with Crippen molar-refractivity contribution >= 4 is 17.4 Å². The molecule has 3 atom stereocenters. The Bertz CT molecular complexity index is 889. The van der Waals surface area contributed by atoms with Gasteiger partial charge in [0.05, 0.1) is 12.6 Å². The largest absolute Gasteiger partial charge is 0.394 e. The maximum absolute atomic E-state index is 11.9. The predicted octanol–water partition coefficient (Wildman–Crippen LogP) is -0.184. The van der Waals surface area contributed by atoms with Crippen molar-refractivity contribution < 1.29 is 14.8 Å². The van der Waals surface area contributed by atoms with Crippen LogP contribution in [0.3, 0.4) is 0 Å². The van der Waals surface area contributed by atoms with Gasteiger partial charge in [0, 0.05) is 12.6 Å². The Labute approximate surface area is 138 Å². The molecule has 1 fully saturated rings. The zero-order chi connectivity index (χ0) is 17.4. The molecule has 0 spiro atoms. The molecule has 3 heterocycles. The zero-order valence-electron chi connectivity index (χ0n) is 12.0. The van der Waals surface area contributed by atoms with Crippen molar-refractivity contribution in [2.75, 3.05) is 6.61 Å². The number of aromatic nitrogens is 4. The maximum atomic E-state index is 11.9. The molecule has 11 nitrogen and oxygen atoms in total. The van der Waals surface area contributed by atoms with E-state index in [0.717, 1.165) is 10.8 Å². The van der Waals surface area contributed by atoms with Crippen LogP contribution in [0.5, 0.6) is 0 Å². The molecular weight excluding hydrogens is 346 g/mol. The molecule has 0 aliphatic carbocycles. The van der Waals surface area contributed by atoms with Crippen LogP contribution in [0.2, 0.25) is 5.02 Å². The Balaban J connectivity index is 1.92. The number of halogens is 1. The Kier molecular flexibility index (Phi) is 4.22. The Morgan fingerprint density at radius 2 is 2.25 bits per heavy atom. The first kappa shape index (κ1) is 16.4. The van der Waals surface area contributed by atoms with Crippen LogP contribution in [0, 0.1) is 10.1 Å². The number of nitro groups is 1. The van der Waals surface area contributed by atoms with Crippen LogP contribution in [0.1, 0.15) is 18.7 Å². The number of aliphatic hydroxyl groups is 1. The van der Waals surface area contributed by atoms with Gasteiger partial charge in [-0.1, -0.05) is 11.6 Å². The Morgan fingerprint density at radius 3 is 2.88 bits per heavy atom. The summed E-state index contributed by atoms with van der Waals surface area (Å²) in [5.41, 5.74) is -1.42. The molecule has 12 heteroatoms. The normalized spacial score (nSPS) is 23.5. The number of nitrogens with zero attached hydrogens (tertiary/aromatic N) is 4. The lowest BCUT2D eigenvalue weighted by Crippen LogP contribution is -2.32. The molecule has 2 aromatic rings. The average molecular weight is 358 g/mol. The van der Waals surface area contributed by atoms with Crippen LogP contribution in [-0.2, 0) is 4.74 Å². The third-order valence-electron chi connectivity index (χ3n) is 3.78. The molecule has 24 heavy (non-hydrogen) atoms. The van der Waals surface area contributed by atoms with Gasteiger partial charge in [-0.15, -0.1) is 0 Å². The summed E-state index contributed by atoms with van der Waals surface area (Å²) in [6.07, 6.45) is 2.36. The van der Waals surface area contributed by atoms with Gasteiger partial charge in [0.1, 0.15) is 23.6 Å². The maximum Gasteiger partial charge on any atom is 0.381 e. The van der Waals surface area contributed by atoms with Crippen LogP contribution >= 0.6 is 11.6 Å². The van der Waals surface area contributed by atoms with Crippen molar-refractivity contribution in [1.82, 2.24) is 19.1 Å². The van der Waals surface area contributed by atoms with Gasteiger partial charge in [-0.3, -0.25) is 14.3 Å².